The number of rotatable bonds is 4. The maximum Gasteiger partial charge on any atom is 0.220 e. The van der Waals surface area contributed by atoms with Gasteiger partial charge in [-0.15, -0.1) is 0 Å². The zero-order valence-corrected chi connectivity index (χ0v) is 11.4. The molecule has 0 aliphatic carbocycles. The Bertz CT molecular complexity index is 424. The smallest absolute Gasteiger partial charge is 0.220 e. The van der Waals surface area contributed by atoms with Crippen molar-refractivity contribution in [2.24, 2.45) is 17.4 Å². The van der Waals surface area contributed by atoms with Gasteiger partial charge in [0.05, 0.1) is 17.6 Å². The Morgan fingerprint density at radius 3 is 2.63 bits per heavy atom. The summed E-state index contributed by atoms with van der Waals surface area (Å²) in [5, 5.41) is 0. The van der Waals surface area contributed by atoms with Gasteiger partial charge in [0.25, 0.3) is 0 Å². The maximum atomic E-state index is 11.1. The van der Waals surface area contributed by atoms with E-state index in [0.717, 1.165) is 43.7 Å². The molecule has 1 saturated heterocycles. The molecule has 1 fully saturated rings. The molecule has 19 heavy (non-hydrogen) atoms. The number of hydrogen-bond acceptors (Lipinski definition) is 4. The van der Waals surface area contributed by atoms with E-state index >= 15 is 0 Å². The predicted octanol–water partition coefficient (Wildman–Crippen LogP) is 1.19. The van der Waals surface area contributed by atoms with E-state index < -0.39 is 0 Å². The molecular weight excluding hydrogens is 240 g/mol. The Balaban J connectivity index is 1.98. The molecule has 1 unspecified atom stereocenters. The number of pyridine rings is 1. The molecule has 1 atom stereocenters. The maximum absolute atomic E-state index is 11.1. The number of primary amides is 1. The van der Waals surface area contributed by atoms with E-state index in [1.165, 1.54) is 0 Å². The fraction of sp³-hybridized carbons (Fsp3) is 0.571. The van der Waals surface area contributed by atoms with Crippen molar-refractivity contribution in [3.05, 3.63) is 24.0 Å². The van der Waals surface area contributed by atoms with E-state index in [-0.39, 0.29) is 17.9 Å². The van der Waals surface area contributed by atoms with Crippen molar-refractivity contribution >= 4 is 11.6 Å². The molecule has 104 valence electrons. The van der Waals surface area contributed by atoms with Crippen molar-refractivity contribution < 1.29 is 4.79 Å². The molecule has 0 spiro atoms. The van der Waals surface area contributed by atoms with Crippen LogP contribution in [-0.4, -0.2) is 24.0 Å². The third kappa shape index (κ3) is 3.23. The first-order valence-electron chi connectivity index (χ1n) is 6.87. The third-order valence-electron chi connectivity index (χ3n) is 3.85. The summed E-state index contributed by atoms with van der Waals surface area (Å²) in [5.41, 5.74) is 13.3. The van der Waals surface area contributed by atoms with Gasteiger partial charge in [-0.2, -0.15) is 0 Å². The number of carbonyl (C=O) groups is 1. The van der Waals surface area contributed by atoms with E-state index in [2.05, 4.69) is 22.9 Å². The van der Waals surface area contributed by atoms with Gasteiger partial charge in [-0.25, -0.2) is 0 Å². The van der Waals surface area contributed by atoms with Crippen LogP contribution in [0.15, 0.2) is 18.3 Å². The van der Waals surface area contributed by atoms with Crippen molar-refractivity contribution in [2.45, 2.75) is 32.2 Å². The molecule has 2 rings (SSSR count). The van der Waals surface area contributed by atoms with E-state index in [1.54, 1.807) is 0 Å². The van der Waals surface area contributed by atoms with Gasteiger partial charge in [0.2, 0.25) is 5.91 Å². The molecule has 1 aromatic rings. The first-order valence-corrected chi connectivity index (χ1v) is 6.87. The number of hydrogen-bond donors (Lipinski definition) is 2. The largest absolute Gasteiger partial charge is 0.370 e. The van der Waals surface area contributed by atoms with E-state index in [9.17, 15) is 4.79 Å². The van der Waals surface area contributed by atoms with Crippen LogP contribution in [0.3, 0.4) is 0 Å². The lowest BCUT2D eigenvalue weighted by molar-refractivity contribution is -0.122. The molecule has 0 bridgehead atoms. The van der Waals surface area contributed by atoms with Gasteiger partial charge < -0.3 is 16.4 Å². The van der Waals surface area contributed by atoms with Gasteiger partial charge in [-0.05, 0) is 31.4 Å². The number of nitrogens with zero attached hydrogens (tertiary/aromatic N) is 2. The molecule has 0 saturated carbocycles. The Kier molecular flexibility index (Phi) is 4.37. The van der Waals surface area contributed by atoms with Crippen LogP contribution in [0.1, 0.15) is 37.9 Å². The van der Waals surface area contributed by atoms with Gasteiger partial charge in [0, 0.05) is 25.0 Å². The standard InChI is InChI=1S/C14H22N4O/c1-2-12(15)13-4-3-11(9-17-13)18-7-5-10(6-8-18)14(16)19/h3-4,9-10,12H,2,5-8,15H2,1H3,(H2,16,19). The molecule has 1 aliphatic rings. The van der Waals surface area contributed by atoms with E-state index in [0.29, 0.717) is 0 Å². The first-order chi connectivity index (χ1) is 9.11. The molecule has 0 aromatic carbocycles. The molecular formula is C14H22N4O. The zero-order valence-electron chi connectivity index (χ0n) is 11.4. The van der Waals surface area contributed by atoms with Crippen molar-refractivity contribution in [2.75, 3.05) is 18.0 Å². The normalized spacial score (nSPS) is 18.3. The lowest BCUT2D eigenvalue weighted by Gasteiger charge is -2.32. The minimum absolute atomic E-state index is 0.00893. The highest BCUT2D eigenvalue weighted by Crippen LogP contribution is 2.23. The van der Waals surface area contributed by atoms with Gasteiger partial charge in [0.1, 0.15) is 0 Å². The number of anilines is 1. The quantitative estimate of drug-likeness (QED) is 0.853. The average Bonchev–Trinajstić information content (AvgIpc) is 2.46. The molecule has 1 aliphatic heterocycles. The highest BCUT2D eigenvalue weighted by atomic mass is 16.1. The Hall–Kier alpha value is -1.62. The van der Waals surface area contributed by atoms with Crippen molar-refractivity contribution in [1.29, 1.82) is 0 Å². The summed E-state index contributed by atoms with van der Waals surface area (Å²) < 4.78 is 0. The SMILES string of the molecule is CCC(N)c1ccc(N2CCC(C(N)=O)CC2)cn1. The Morgan fingerprint density at radius 1 is 1.47 bits per heavy atom. The van der Waals surface area contributed by atoms with Gasteiger partial charge in [-0.3, -0.25) is 9.78 Å². The van der Waals surface area contributed by atoms with Gasteiger partial charge in [0.15, 0.2) is 0 Å². The van der Waals surface area contributed by atoms with Crippen LogP contribution in [-0.2, 0) is 4.79 Å². The highest BCUT2D eigenvalue weighted by molar-refractivity contribution is 5.77. The highest BCUT2D eigenvalue weighted by Gasteiger charge is 2.23. The number of nitrogens with two attached hydrogens (primary N) is 2. The second-order valence-electron chi connectivity index (χ2n) is 5.12. The number of amides is 1. The van der Waals surface area contributed by atoms with Crippen LogP contribution in [0.2, 0.25) is 0 Å². The molecule has 2 heterocycles. The monoisotopic (exact) mass is 262 g/mol. The van der Waals surface area contributed by atoms with Crippen molar-refractivity contribution in [3.63, 3.8) is 0 Å². The molecule has 0 radical (unpaired) electrons. The fourth-order valence-corrected chi connectivity index (χ4v) is 2.44. The molecule has 5 heteroatoms. The van der Waals surface area contributed by atoms with Crippen LogP contribution in [0.25, 0.3) is 0 Å². The fourth-order valence-electron chi connectivity index (χ4n) is 2.44. The minimum Gasteiger partial charge on any atom is -0.370 e. The Morgan fingerprint density at radius 2 is 2.16 bits per heavy atom. The van der Waals surface area contributed by atoms with Crippen molar-refractivity contribution in [3.8, 4) is 0 Å². The van der Waals surface area contributed by atoms with Crippen LogP contribution >= 0.6 is 0 Å². The summed E-state index contributed by atoms with van der Waals surface area (Å²) in [6, 6.07) is 4.06. The topological polar surface area (TPSA) is 85.2 Å². The summed E-state index contributed by atoms with van der Waals surface area (Å²) in [6.07, 6.45) is 4.41. The molecule has 5 nitrogen and oxygen atoms in total. The minimum atomic E-state index is -0.179. The second-order valence-corrected chi connectivity index (χ2v) is 5.12. The first kappa shape index (κ1) is 13.8. The lowest BCUT2D eigenvalue weighted by atomic mass is 9.96. The van der Waals surface area contributed by atoms with Crippen LogP contribution < -0.4 is 16.4 Å². The summed E-state index contributed by atoms with van der Waals surface area (Å²) >= 11 is 0. The zero-order chi connectivity index (χ0) is 13.8. The second kappa shape index (κ2) is 6.02. The number of piperidine rings is 1. The van der Waals surface area contributed by atoms with Crippen molar-refractivity contribution in [1.82, 2.24) is 4.98 Å². The van der Waals surface area contributed by atoms with Gasteiger partial charge >= 0.3 is 0 Å². The van der Waals surface area contributed by atoms with Crippen LogP contribution in [0.5, 0.6) is 0 Å². The van der Waals surface area contributed by atoms with E-state index in [1.807, 2.05) is 12.3 Å². The summed E-state index contributed by atoms with van der Waals surface area (Å²) in [6.45, 7) is 3.76. The summed E-state index contributed by atoms with van der Waals surface area (Å²) in [7, 11) is 0. The summed E-state index contributed by atoms with van der Waals surface area (Å²) in [5.74, 6) is -0.154. The summed E-state index contributed by atoms with van der Waals surface area (Å²) in [4.78, 5) is 17.8. The number of aromatic nitrogens is 1. The van der Waals surface area contributed by atoms with Crippen LogP contribution in [0.4, 0.5) is 5.69 Å². The van der Waals surface area contributed by atoms with Gasteiger partial charge in [-0.1, -0.05) is 6.92 Å². The average molecular weight is 262 g/mol. The Labute approximate surface area is 114 Å². The molecule has 4 N–H and O–H groups in total. The van der Waals surface area contributed by atoms with Crippen LogP contribution in [0, 0.1) is 5.92 Å². The number of carbonyl (C=O) groups excluding carboxylic acids is 1. The molecule has 1 amide bonds. The lowest BCUT2D eigenvalue weighted by Crippen LogP contribution is -2.38. The third-order valence-corrected chi connectivity index (χ3v) is 3.85. The predicted molar refractivity (Wildman–Crippen MR) is 75.6 cm³/mol. The molecule has 1 aromatic heterocycles. The van der Waals surface area contributed by atoms with E-state index in [4.69, 9.17) is 11.5 Å².